The number of thiophene rings is 1. The van der Waals surface area contributed by atoms with Crippen molar-refractivity contribution in [1.82, 2.24) is 10.2 Å². The average molecular weight is 347 g/mol. The summed E-state index contributed by atoms with van der Waals surface area (Å²) >= 11 is 7.61. The molecule has 3 saturated heterocycles. The zero-order valence-corrected chi connectivity index (χ0v) is 14.4. The Morgan fingerprint density at radius 3 is 2.78 bits per heavy atom. The van der Waals surface area contributed by atoms with E-state index >= 15 is 0 Å². The first kappa shape index (κ1) is 14.3. The summed E-state index contributed by atoms with van der Waals surface area (Å²) in [4.78, 5) is 16.2. The van der Waals surface area contributed by atoms with Crippen molar-refractivity contribution >= 4 is 38.9 Å². The number of rotatable bonds is 2. The van der Waals surface area contributed by atoms with Gasteiger partial charge in [-0.25, -0.2) is 0 Å². The minimum absolute atomic E-state index is 0.0901. The molecule has 2 bridgehead atoms. The molecule has 4 fully saturated rings. The number of halogens is 1. The summed E-state index contributed by atoms with van der Waals surface area (Å²) in [6.07, 6.45) is 4.95. The number of benzene rings is 1. The average Bonchev–Trinajstić information content (AvgIpc) is 3.22. The molecule has 1 aromatic carbocycles. The highest BCUT2D eigenvalue weighted by atomic mass is 35.5. The Morgan fingerprint density at radius 2 is 2.04 bits per heavy atom. The topological polar surface area (TPSA) is 32.3 Å². The van der Waals surface area contributed by atoms with Gasteiger partial charge in [-0.05, 0) is 74.3 Å². The fourth-order valence-electron chi connectivity index (χ4n) is 4.66. The molecule has 2 aromatic rings. The Morgan fingerprint density at radius 1 is 1.26 bits per heavy atom. The van der Waals surface area contributed by atoms with Crippen molar-refractivity contribution in [2.75, 3.05) is 13.1 Å². The van der Waals surface area contributed by atoms with Gasteiger partial charge < -0.3 is 5.32 Å². The van der Waals surface area contributed by atoms with E-state index < -0.39 is 0 Å². The van der Waals surface area contributed by atoms with Crippen LogP contribution in [-0.2, 0) is 0 Å². The maximum absolute atomic E-state index is 12.8. The van der Waals surface area contributed by atoms with Gasteiger partial charge in [0.1, 0.15) is 0 Å². The highest BCUT2D eigenvalue weighted by Gasteiger charge is 2.60. The maximum Gasteiger partial charge on any atom is 0.261 e. The number of nitrogens with zero attached hydrogens (tertiary/aromatic N) is 1. The van der Waals surface area contributed by atoms with Crippen molar-refractivity contribution in [3.05, 3.63) is 34.2 Å². The SMILES string of the molecule is O=C(N[C@H]1C2CCN(CC2)C12CC2)c1cc2cc(Cl)ccc2s1. The predicted octanol–water partition coefficient (Wildman–Crippen LogP) is 3.91. The molecule has 1 N–H and O–H groups in total. The largest absolute Gasteiger partial charge is 0.346 e. The molecule has 0 radical (unpaired) electrons. The molecule has 1 saturated carbocycles. The molecule has 5 heteroatoms. The summed E-state index contributed by atoms with van der Waals surface area (Å²) in [5.74, 6) is 0.752. The van der Waals surface area contributed by atoms with Crippen LogP contribution in [0, 0.1) is 5.92 Å². The third kappa shape index (κ3) is 2.15. The van der Waals surface area contributed by atoms with Crippen LogP contribution >= 0.6 is 22.9 Å². The van der Waals surface area contributed by atoms with Gasteiger partial charge in [-0.2, -0.15) is 0 Å². The van der Waals surface area contributed by atoms with Crippen LogP contribution < -0.4 is 5.32 Å². The lowest BCUT2D eigenvalue weighted by Crippen LogP contribution is -2.65. The first-order valence-corrected chi connectivity index (χ1v) is 9.60. The first-order chi connectivity index (χ1) is 11.2. The molecule has 1 amide bonds. The molecular weight excluding hydrogens is 328 g/mol. The monoisotopic (exact) mass is 346 g/mol. The smallest absolute Gasteiger partial charge is 0.261 e. The molecule has 1 aliphatic carbocycles. The zero-order valence-electron chi connectivity index (χ0n) is 12.8. The van der Waals surface area contributed by atoms with Gasteiger partial charge in [-0.1, -0.05) is 11.6 Å². The fourth-order valence-corrected chi connectivity index (χ4v) is 5.79. The van der Waals surface area contributed by atoms with Crippen LogP contribution in [0.15, 0.2) is 24.3 Å². The van der Waals surface area contributed by atoms with Gasteiger partial charge >= 0.3 is 0 Å². The van der Waals surface area contributed by atoms with Crippen LogP contribution in [0.1, 0.15) is 35.4 Å². The minimum atomic E-state index is 0.0901. The highest BCUT2D eigenvalue weighted by molar-refractivity contribution is 7.20. The molecule has 3 aliphatic heterocycles. The molecule has 1 atom stereocenters. The number of piperidine rings is 3. The van der Waals surface area contributed by atoms with Gasteiger partial charge in [-0.3, -0.25) is 9.69 Å². The highest BCUT2D eigenvalue weighted by Crippen LogP contribution is 2.53. The molecule has 0 unspecified atom stereocenters. The van der Waals surface area contributed by atoms with E-state index in [1.807, 2.05) is 24.3 Å². The van der Waals surface area contributed by atoms with E-state index in [0.717, 1.165) is 20.0 Å². The summed E-state index contributed by atoms with van der Waals surface area (Å²) in [6, 6.07) is 8.12. The van der Waals surface area contributed by atoms with Crippen LogP contribution in [0.25, 0.3) is 10.1 Å². The second-order valence-corrected chi connectivity index (χ2v) is 8.69. The molecule has 3 nitrogen and oxygen atoms in total. The minimum Gasteiger partial charge on any atom is -0.346 e. The Balaban J connectivity index is 1.42. The van der Waals surface area contributed by atoms with Crippen LogP contribution in [-0.4, -0.2) is 35.5 Å². The van der Waals surface area contributed by atoms with Crippen LogP contribution in [0.5, 0.6) is 0 Å². The van der Waals surface area contributed by atoms with Crippen molar-refractivity contribution in [2.24, 2.45) is 5.92 Å². The van der Waals surface area contributed by atoms with Gasteiger partial charge in [0.05, 0.1) is 10.9 Å². The zero-order chi connectivity index (χ0) is 15.6. The molecular formula is C18H19ClN2OS. The van der Waals surface area contributed by atoms with E-state index in [1.165, 1.54) is 38.8 Å². The normalized spacial score (nSPS) is 30.7. The van der Waals surface area contributed by atoms with E-state index in [2.05, 4.69) is 10.2 Å². The Hall–Kier alpha value is -1.10. The number of hydrogen-bond acceptors (Lipinski definition) is 3. The number of carbonyl (C=O) groups excluding carboxylic acids is 1. The fraction of sp³-hybridized carbons (Fsp3) is 0.500. The lowest BCUT2D eigenvalue weighted by molar-refractivity contribution is -0.00138. The molecule has 1 aromatic heterocycles. The molecule has 6 rings (SSSR count). The second-order valence-electron chi connectivity index (χ2n) is 7.17. The molecule has 4 aliphatic rings. The molecule has 4 heterocycles. The van der Waals surface area contributed by atoms with Gasteiger partial charge in [0, 0.05) is 15.3 Å². The van der Waals surface area contributed by atoms with Gasteiger partial charge in [0.15, 0.2) is 0 Å². The summed E-state index contributed by atoms with van der Waals surface area (Å²) in [6.45, 7) is 2.44. The third-order valence-corrected chi connectivity index (χ3v) is 7.32. The number of hydrogen-bond donors (Lipinski definition) is 1. The molecule has 1 spiro atoms. The molecule has 23 heavy (non-hydrogen) atoms. The van der Waals surface area contributed by atoms with E-state index in [-0.39, 0.29) is 11.4 Å². The van der Waals surface area contributed by atoms with Crippen molar-refractivity contribution in [1.29, 1.82) is 0 Å². The van der Waals surface area contributed by atoms with Crippen molar-refractivity contribution < 1.29 is 4.79 Å². The van der Waals surface area contributed by atoms with E-state index in [1.54, 1.807) is 11.3 Å². The Bertz CT molecular complexity index is 789. The Kier molecular flexibility index (Phi) is 3.07. The number of nitrogens with one attached hydrogen (secondary N) is 1. The van der Waals surface area contributed by atoms with E-state index in [9.17, 15) is 4.79 Å². The van der Waals surface area contributed by atoms with Crippen molar-refractivity contribution in [3.63, 3.8) is 0 Å². The number of amides is 1. The van der Waals surface area contributed by atoms with Crippen molar-refractivity contribution in [3.8, 4) is 0 Å². The van der Waals surface area contributed by atoms with Crippen LogP contribution in [0.4, 0.5) is 0 Å². The van der Waals surface area contributed by atoms with E-state index in [0.29, 0.717) is 12.0 Å². The maximum atomic E-state index is 12.8. The van der Waals surface area contributed by atoms with Crippen LogP contribution in [0.2, 0.25) is 5.02 Å². The number of carbonyl (C=O) groups is 1. The Labute approximate surface area is 144 Å². The predicted molar refractivity (Wildman–Crippen MR) is 94.4 cm³/mol. The number of fused-ring (bicyclic) bond motifs is 3. The third-order valence-electron chi connectivity index (χ3n) is 5.97. The molecule has 120 valence electrons. The first-order valence-electron chi connectivity index (χ1n) is 8.41. The van der Waals surface area contributed by atoms with Gasteiger partial charge in [0.25, 0.3) is 5.91 Å². The summed E-state index contributed by atoms with van der Waals surface area (Å²) < 4.78 is 1.12. The second kappa shape index (κ2) is 4.95. The van der Waals surface area contributed by atoms with Crippen molar-refractivity contribution in [2.45, 2.75) is 37.3 Å². The van der Waals surface area contributed by atoms with Crippen LogP contribution in [0.3, 0.4) is 0 Å². The summed E-state index contributed by atoms with van der Waals surface area (Å²) in [5.41, 5.74) is 0.289. The summed E-state index contributed by atoms with van der Waals surface area (Å²) in [7, 11) is 0. The lowest BCUT2D eigenvalue weighted by atomic mass is 9.77. The van der Waals surface area contributed by atoms with Gasteiger partial charge in [0.2, 0.25) is 0 Å². The standard InChI is InChI=1S/C18H19ClN2OS/c19-13-1-2-14-12(9-13)10-15(23-14)17(22)20-16-11-3-7-21(8-4-11)18(16)5-6-18/h1-2,9-11,16H,3-8H2,(H,20,22)/t16-/m0/s1. The van der Waals surface area contributed by atoms with Gasteiger partial charge in [-0.15, -0.1) is 11.3 Å². The summed E-state index contributed by atoms with van der Waals surface area (Å²) in [5, 5.41) is 5.17. The quantitative estimate of drug-likeness (QED) is 0.894. The van der Waals surface area contributed by atoms with E-state index in [4.69, 9.17) is 11.6 Å². The lowest BCUT2D eigenvalue weighted by Gasteiger charge is -2.52.